The Balaban J connectivity index is 2.70. The molecule has 0 aliphatic carbocycles. The minimum absolute atomic E-state index is 0.271. The lowest BCUT2D eigenvalue weighted by atomic mass is 9.84. The Morgan fingerprint density at radius 1 is 1.50 bits per heavy atom. The summed E-state index contributed by atoms with van der Waals surface area (Å²) in [5.74, 6) is 0.271. The summed E-state index contributed by atoms with van der Waals surface area (Å²) in [6.45, 7) is 7.73. The molecule has 1 nitrogen and oxygen atoms in total. The Morgan fingerprint density at radius 3 is 1.90 bits per heavy atom. The molecule has 0 radical (unpaired) electrons. The van der Waals surface area contributed by atoms with Crippen molar-refractivity contribution in [3.05, 3.63) is 0 Å². The molecule has 1 atom stereocenters. The van der Waals surface area contributed by atoms with Crippen molar-refractivity contribution in [3.63, 3.8) is 0 Å². The molecule has 0 aromatic rings. The maximum Gasteiger partial charge on any atom is 0.136 e. The van der Waals surface area contributed by atoms with Gasteiger partial charge in [-0.3, -0.25) is 0 Å². The van der Waals surface area contributed by atoms with Gasteiger partial charge in [0.15, 0.2) is 0 Å². The third-order valence-electron chi connectivity index (χ3n) is 2.39. The van der Waals surface area contributed by atoms with Gasteiger partial charge in [0.25, 0.3) is 0 Å². The maximum absolute atomic E-state index is 13.4. The number of rotatable bonds is 2. The van der Waals surface area contributed by atoms with E-state index in [9.17, 15) is 4.39 Å². The van der Waals surface area contributed by atoms with E-state index >= 15 is 0 Å². The van der Waals surface area contributed by atoms with E-state index < -0.39 is 11.3 Å². The fourth-order valence-corrected chi connectivity index (χ4v) is 1.44. The van der Waals surface area contributed by atoms with Crippen molar-refractivity contribution in [1.82, 2.24) is 0 Å². The van der Waals surface area contributed by atoms with Crippen molar-refractivity contribution >= 4 is 0 Å². The van der Waals surface area contributed by atoms with Gasteiger partial charge in [0.05, 0.1) is 6.61 Å². The standard InChI is InChI=1S/C8H15FO/c1-6(2)8(5-10-8)7(3,4)9/h6H,5H2,1-4H3. The molecule has 0 bridgehead atoms. The molecule has 60 valence electrons. The van der Waals surface area contributed by atoms with E-state index in [2.05, 4.69) is 0 Å². The first-order chi connectivity index (χ1) is 4.40. The first kappa shape index (κ1) is 7.99. The lowest BCUT2D eigenvalue weighted by Gasteiger charge is -2.26. The van der Waals surface area contributed by atoms with E-state index in [0.717, 1.165) is 0 Å². The largest absolute Gasteiger partial charge is 0.366 e. The van der Waals surface area contributed by atoms with E-state index in [0.29, 0.717) is 6.61 Å². The second kappa shape index (κ2) is 1.94. The van der Waals surface area contributed by atoms with Crippen molar-refractivity contribution in [2.75, 3.05) is 6.61 Å². The minimum atomic E-state index is -1.19. The van der Waals surface area contributed by atoms with E-state index in [1.807, 2.05) is 13.8 Å². The summed E-state index contributed by atoms with van der Waals surface area (Å²) >= 11 is 0. The van der Waals surface area contributed by atoms with E-state index in [1.165, 1.54) is 0 Å². The molecule has 2 heteroatoms. The second-order valence-electron chi connectivity index (χ2n) is 3.81. The van der Waals surface area contributed by atoms with Crippen LogP contribution in [-0.2, 0) is 4.74 Å². The minimum Gasteiger partial charge on any atom is -0.366 e. The van der Waals surface area contributed by atoms with Gasteiger partial charge in [-0.05, 0) is 19.8 Å². The van der Waals surface area contributed by atoms with Gasteiger partial charge in [-0.25, -0.2) is 4.39 Å². The highest BCUT2D eigenvalue weighted by molar-refractivity contribution is 5.06. The highest BCUT2D eigenvalue weighted by Crippen LogP contribution is 2.46. The molecule has 1 aliphatic rings. The van der Waals surface area contributed by atoms with Gasteiger partial charge >= 0.3 is 0 Å². The summed E-state index contributed by atoms with van der Waals surface area (Å²) in [6, 6.07) is 0. The van der Waals surface area contributed by atoms with Crippen LogP contribution in [0, 0.1) is 5.92 Å². The SMILES string of the molecule is CC(C)C1(C(C)(C)F)CO1. The zero-order chi connectivity index (χ0) is 7.99. The van der Waals surface area contributed by atoms with Crippen LogP contribution >= 0.6 is 0 Å². The van der Waals surface area contributed by atoms with Gasteiger partial charge in [0.1, 0.15) is 11.3 Å². The second-order valence-corrected chi connectivity index (χ2v) is 3.81. The van der Waals surface area contributed by atoms with Gasteiger partial charge < -0.3 is 4.74 Å². The van der Waals surface area contributed by atoms with Gasteiger partial charge in [0.2, 0.25) is 0 Å². The van der Waals surface area contributed by atoms with Crippen LogP contribution in [0.15, 0.2) is 0 Å². The molecule has 1 fully saturated rings. The predicted octanol–water partition coefficient (Wildman–Crippen LogP) is 2.16. The fraction of sp³-hybridized carbons (Fsp3) is 1.00. The summed E-state index contributed by atoms with van der Waals surface area (Å²) in [6.07, 6.45) is 0. The summed E-state index contributed by atoms with van der Waals surface area (Å²) in [5.41, 5.74) is -1.67. The number of epoxide rings is 1. The summed E-state index contributed by atoms with van der Waals surface area (Å²) in [4.78, 5) is 0. The monoisotopic (exact) mass is 146 g/mol. The molecule has 0 aromatic heterocycles. The molecule has 0 aromatic carbocycles. The van der Waals surface area contributed by atoms with Crippen LogP contribution in [0.1, 0.15) is 27.7 Å². The number of ether oxygens (including phenoxy) is 1. The average Bonchev–Trinajstić information content (AvgIpc) is 2.36. The molecular weight excluding hydrogens is 131 g/mol. The molecule has 1 unspecified atom stereocenters. The summed E-state index contributed by atoms with van der Waals surface area (Å²) in [5, 5.41) is 0. The molecule has 0 spiro atoms. The van der Waals surface area contributed by atoms with Crippen LogP contribution in [0.2, 0.25) is 0 Å². The lowest BCUT2D eigenvalue weighted by molar-refractivity contribution is 0.0491. The van der Waals surface area contributed by atoms with Crippen LogP contribution in [-0.4, -0.2) is 17.9 Å². The molecule has 0 saturated carbocycles. The Hall–Kier alpha value is -0.110. The molecule has 1 rings (SSSR count). The van der Waals surface area contributed by atoms with E-state index in [-0.39, 0.29) is 5.92 Å². The van der Waals surface area contributed by atoms with E-state index in [4.69, 9.17) is 4.74 Å². The topological polar surface area (TPSA) is 12.5 Å². The molecule has 1 aliphatic heterocycles. The molecule has 1 heterocycles. The Bertz CT molecular complexity index is 131. The van der Waals surface area contributed by atoms with Crippen molar-refractivity contribution < 1.29 is 9.13 Å². The third-order valence-corrected chi connectivity index (χ3v) is 2.39. The van der Waals surface area contributed by atoms with Crippen LogP contribution < -0.4 is 0 Å². The lowest BCUT2D eigenvalue weighted by Crippen LogP contribution is -2.39. The smallest absolute Gasteiger partial charge is 0.136 e. The molecule has 0 N–H and O–H groups in total. The van der Waals surface area contributed by atoms with Crippen molar-refractivity contribution in [1.29, 1.82) is 0 Å². The van der Waals surface area contributed by atoms with Crippen molar-refractivity contribution in [2.24, 2.45) is 5.92 Å². The number of alkyl halides is 1. The first-order valence-electron chi connectivity index (χ1n) is 3.73. The quantitative estimate of drug-likeness (QED) is 0.544. The fourth-order valence-electron chi connectivity index (χ4n) is 1.44. The van der Waals surface area contributed by atoms with Gasteiger partial charge in [-0.2, -0.15) is 0 Å². The number of halogens is 1. The van der Waals surface area contributed by atoms with Crippen LogP contribution in [0.5, 0.6) is 0 Å². The van der Waals surface area contributed by atoms with Crippen LogP contribution in [0.4, 0.5) is 4.39 Å². The number of hydrogen-bond donors (Lipinski definition) is 0. The zero-order valence-corrected chi connectivity index (χ0v) is 7.07. The van der Waals surface area contributed by atoms with Gasteiger partial charge in [-0.1, -0.05) is 13.8 Å². The normalized spacial score (nSPS) is 33.0. The van der Waals surface area contributed by atoms with Crippen LogP contribution in [0.3, 0.4) is 0 Å². The van der Waals surface area contributed by atoms with Crippen molar-refractivity contribution in [2.45, 2.75) is 39.0 Å². The molecular formula is C8H15FO. The van der Waals surface area contributed by atoms with Gasteiger partial charge in [0, 0.05) is 0 Å². The van der Waals surface area contributed by atoms with E-state index in [1.54, 1.807) is 13.8 Å². The highest BCUT2D eigenvalue weighted by Gasteiger charge is 2.59. The molecule has 0 amide bonds. The molecule has 10 heavy (non-hydrogen) atoms. The van der Waals surface area contributed by atoms with Crippen molar-refractivity contribution in [3.8, 4) is 0 Å². The predicted molar refractivity (Wildman–Crippen MR) is 38.7 cm³/mol. The average molecular weight is 146 g/mol. The van der Waals surface area contributed by atoms with Crippen LogP contribution in [0.25, 0.3) is 0 Å². The maximum atomic E-state index is 13.4. The number of hydrogen-bond acceptors (Lipinski definition) is 1. The zero-order valence-electron chi connectivity index (χ0n) is 7.07. The Morgan fingerprint density at radius 2 is 1.90 bits per heavy atom. The molecule has 1 saturated heterocycles. The third kappa shape index (κ3) is 0.947. The highest BCUT2D eigenvalue weighted by atomic mass is 19.1. The summed E-state index contributed by atoms with van der Waals surface area (Å²) < 4.78 is 18.5. The Kier molecular flexibility index (Phi) is 1.55. The summed E-state index contributed by atoms with van der Waals surface area (Å²) in [7, 11) is 0. The first-order valence-corrected chi connectivity index (χ1v) is 3.73. The Labute approximate surface area is 61.6 Å². The van der Waals surface area contributed by atoms with Gasteiger partial charge in [-0.15, -0.1) is 0 Å².